The molecule has 0 aliphatic carbocycles. The topological polar surface area (TPSA) is 84.9 Å². The Hall–Kier alpha value is -3.85. The van der Waals surface area contributed by atoms with E-state index in [1.54, 1.807) is 24.3 Å². The lowest BCUT2D eigenvalue weighted by atomic mass is 10.0. The Balaban J connectivity index is 1.67. The van der Waals surface area contributed by atoms with Gasteiger partial charge >= 0.3 is 12.1 Å². The summed E-state index contributed by atoms with van der Waals surface area (Å²) < 4.78 is 48.8. The van der Waals surface area contributed by atoms with E-state index < -0.39 is 35.8 Å². The van der Waals surface area contributed by atoms with E-state index in [0.717, 1.165) is 36.9 Å². The summed E-state index contributed by atoms with van der Waals surface area (Å²) in [6.07, 6.45) is -6.27. The van der Waals surface area contributed by atoms with E-state index in [2.05, 4.69) is 5.32 Å². The normalized spacial score (nSPS) is 12.9. The first-order valence-corrected chi connectivity index (χ1v) is 10.7. The molecule has 2 atom stereocenters. The Bertz CT molecular complexity index is 1130. The number of alkyl halides is 3. The summed E-state index contributed by atoms with van der Waals surface area (Å²) in [5.74, 6) is -1.13. The predicted molar refractivity (Wildman–Crippen MR) is 121 cm³/mol. The third-order valence-corrected chi connectivity index (χ3v) is 5.19. The van der Waals surface area contributed by atoms with Crippen molar-refractivity contribution in [3.63, 3.8) is 0 Å². The van der Waals surface area contributed by atoms with Gasteiger partial charge in [-0.05, 0) is 41.0 Å². The molecule has 0 unspecified atom stereocenters. The lowest BCUT2D eigenvalue weighted by Crippen LogP contribution is -2.45. The summed E-state index contributed by atoms with van der Waals surface area (Å²) in [6, 6.07) is 18.9. The number of benzene rings is 3. The minimum atomic E-state index is -4.54. The Kier molecular flexibility index (Phi) is 8.48. The summed E-state index contributed by atoms with van der Waals surface area (Å²) in [4.78, 5) is 24.8. The van der Waals surface area contributed by atoms with Crippen LogP contribution in [-0.4, -0.2) is 30.1 Å². The number of methoxy groups -OCH3 is 1. The highest BCUT2D eigenvalue weighted by Gasteiger charge is 2.31. The maximum atomic E-state index is 12.7. The molecule has 0 fully saturated rings. The van der Waals surface area contributed by atoms with Gasteiger partial charge < -0.3 is 19.9 Å². The quantitative estimate of drug-likeness (QED) is 0.442. The van der Waals surface area contributed by atoms with Crippen LogP contribution in [0.1, 0.15) is 28.4 Å². The number of carbonyl (C=O) groups is 2. The molecule has 0 bridgehead atoms. The van der Waals surface area contributed by atoms with Crippen molar-refractivity contribution in [2.45, 2.75) is 31.3 Å². The first kappa shape index (κ1) is 25.8. The maximum Gasteiger partial charge on any atom is 0.416 e. The Morgan fingerprint density at radius 2 is 1.60 bits per heavy atom. The summed E-state index contributed by atoms with van der Waals surface area (Å²) in [6.45, 7) is 0.348. The fourth-order valence-electron chi connectivity index (χ4n) is 3.33. The number of rotatable bonds is 9. The van der Waals surface area contributed by atoms with Crippen LogP contribution >= 0.6 is 0 Å². The largest absolute Gasteiger partial charge is 0.489 e. The molecule has 184 valence electrons. The van der Waals surface area contributed by atoms with Crippen LogP contribution in [0.4, 0.5) is 13.2 Å². The fourth-order valence-corrected chi connectivity index (χ4v) is 3.33. The van der Waals surface area contributed by atoms with E-state index in [0.29, 0.717) is 17.9 Å². The van der Waals surface area contributed by atoms with Crippen molar-refractivity contribution in [3.8, 4) is 5.75 Å². The summed E-state index contributed by atoms with van der Waals surface area (Å²) in [7, 11) is 1.16. The van der Waals surface area contributed by atoms with Crippen molar-refractivity contribution in [2.75, 3.05) is 7.11 Å². The molecule has 0 saturated heterocycles. The molecule has 3 rings (SSSR count). The SMILES string of the molecule is COC(=O)[C@@H](Cc1cccc(OCc2ccccc2)c1)NC(=O)[C@@H](O)c1ccc(C(F)(F)F)cc1. The van der Waals surface area contributed by atoms with Crippen LogP contribution in [0, 0.1) is 0 Å². The Morgan fingerprint density at radius 3 is 2.23 bits per heavy atom. The van der Waals surface area contributed by atoms with Crippen LogP contribution in [0.5, 0.6) is 5.75 Å². The van der Waals surface area contributed by atoms with Crippen molar-refractivity contribution < 1.29 is 37.3 Å². The number of aliphatic hydroxyl groups is 1. The van der Waals surface area contributed by atoms with E-state index in [1.807, 2.05) is 30.3 Å². The van der Waals surface area contributed by atoms with Gasteiger partial charge in [0.05, 0.1) is 12.7 Å². The van der Waals surface area contributed by atoms with Crippen LogP contribution in [0.3, 0.4) is 0 Å². The molecule has 0 aliphatic heterocycles. The number of ether oxygens (including phenoxy) is 2. The number of nitrogens with one attached hydrogen (secondary N) is 1. The lowest BCUT2D eigenvalue weighted by molar-refractivity contribution is -0.146. The zero-order chi connectivity index (χ0) is 25.4. The highest BCUT2D eigenvalue weighted by Crippen LogP contribution is 2.30. The van der Waals surface area contributed by atoms with Crippen molar-refractivity contribution in [2.24, 2.45) is 0 Å². The summed E-state index contributed by atoms with van der Waals surface area (Å²) >= 11 is 0. The van der Waals surface area contributed by atoms with Gasteiger partial charge in [-0.15, -0.1) is 0 Å². The number of amides is 1. The van der Waals surface area contributed by atoms with Gasteiger partial charge in [-0.25, -0.2) is 4.79 Å². The van der Waals surface area contributed by atoms with Gasteiger partial charge in [-0.2, -0.15) is 13.2 Å². The molecule has 1 amide bonds. The Labute approximate surface area is 200 Å². The minimum absolute atomic E-state index is 0.0423. The van der Waals surface area contributed by atoms with E-state index in [4.69, 9.17) is 9.47 Å². The lowest BCUT2D eigenvalue weighted by Gasteiger charge is -2.19. The van der Waals surface area contributed by atoms with Gasteiger partial charge in [0.1, 0.15) is 18.4 Å². The first-order valence-electron chi connectivity index (χ1n) is 10.7. The molecule has 35 heavy (non-hydrogen) atoms. The van der Waals surface area contributed by atoms with Gasteiger partial charge in [-0.3, -0.25) is 4.79 Å². The van der Waals surface area contributed by atoms with Gasteiger partial charge in [0, 0.05) is 6.42 Å². The number of esters is 1. The van der Waals surface area contributed by atoms with E-state index >= 15 is 0 Å². The molecule has 0 spiro atoms. The average molecular weight is 487 g/mol. The van der Waals surface area contributed by atoms with Crippen molar-refractivity contribution in [1.82, 2.24) is 5.32 Å². The second-order valence-electron chi connectivity index (χ2n) is 7.73. The van der Waals surface area contributed by atoms with Crippen molar-refractivity contribution in [3.05, 3.63) is 101 Å². The molecule has 2 N–H and O–H groups in total. The maximum absolute atomic E-state index is 12.7. The molecule has 0 aromatic heterocycles. The third kappa shape index (κ3) is 7.31. The molecule has 9 heteroatoms. The third-order valence-electron chi connectivity index (χ3n) is 5.19. The monoisotopic (exact) mass is 487 g/mol. The van der Waals surface area contributed by atoms with Gasteiger partial charge in [0.15, 0.2) is 6.10 Å². The zero-order valence-electron chi connectivity index (χ0n) is 18.8. The Morgan fingerprint density at radius 1 is 0.943 bits per heavy atom. The van der Waals surface area contributed by atoms with Crippen LogP contribution in [0.2, 0.25) is 0 Å². The fraction of sp³-hybridized carbons (Fsp3) is 0.231. The molecular formula is C26H24F3NO5. The van der Waals surface area contributed by atoms with Gasteiger partial charge in [0.2, 0.25) is 0 Å². The number of carbonyl (C=O) groups excluding carboxylic acids is 2. The summed E-state index contributed by atoms with van der Waals surface area (Å²) in [5, 5.41) is 12.7. The highest BCUT2D eigenvalue weighted by atomic mass is 19.4. The number of hydrogen-bond donors (Lipinski definition) is 2. The van der Waals surface area contributed by atoms with Gasteiger partial charge in [-0.1, -0.05) is 54.6 Å². The second kappa shape index (κ2) is 11.5. The molecule has 0 saturated carbocycles. The molecule has 0 radical (unpaired) electrons. The first-order chi connectivity index (χ1) is 16.7. The van der Waals surface area contributed by atoms with Crippen molar-refractivity contribution >= 4 is 11.9 Å². The molecular weight excluding hydrogens is 463 g/mol. The van der Waals surface area contributed by atoms with Crippen LogP contribution in [-0.2, 0) is 33.5 Å². The number of halogens is 3. The van der Waals surface area contributed by atoms with Crippen molar-refractivity contribution in [1.29, 1.82) is 0 Å². The second-order valence-corrected chi connectivity index (χ2v) is 7.73. The summed E-state index contributed by atoms with van der Waals surface area (Å²) in [5.41, 5.74) is 0.691. The highest BCUT2D eigenvalue weighted by molar-refractivity contribution is 5.87. The molecule has 3 aromatic rings. The average Bonchev–Trinajstić information content (AvgIpc) is 2.86. The molecule has 0 aliphatic rings. The number of aliphatic hydroxyl groups excluding tert-OH is 1. The smallest absolute Gasteiger partial charge is 0.416 e. The molecule has 3 aromatic carbocycles. The van der Waals surface area contributed by atoms with Crippen LogP contribution in [0.25, 0.3) is 0 Å². The van der Waals surface area contributed by atoms with Crippen LogP contribution in [0.15, 0.2) is 78.9 Å². The van der Waals surface area contributed by atoms with E-state index in [9.17, 15) is 27.9 Å². The van der Waals surface area contributed by atoms with E-state index in [-0.39, 0.29) is 12.0 Å². The molecule has 6 nitrogen and oxygen atoms in total. The number of hydrogen-bond acceptors (Lipinski definition) is 5. The predicted octanol–water partition coefficient (Wildman–Crippen LogP) is 4.22. The standard InChI is InChI=1S/C26H24F3NO5/c1-34-25(33)22(30-24(32)23(31)19-10-12-20(13-11-19)26(27,28)29)15-18-8-5-9-21(14-18)35-16-17-6-3-2-4-7-17/h2-14,22-23,31H,15-16H2,1H3,(H,30,32)/t22-,23+/m1/s1. The minimum Gasteiger partial charge on any atom is -0.489 e. The van der Waals surface area contributed by atoms with Crippen LogP contribution < -0.4 is 10.1 Å². The zero-order valence-corrected chi connectivity index (χ0v) is 18.8. The molecule has 0 heterocycles. The van der Waals surface area contributed by atoms with E-state index in [1.165, 1.54) is 0 Å². The van der Waals surface area contributed by atoms with Gasteiger partial charge in [0.25, 0.3) is 5.91 Å².